The highest BCUT2D eigenvalue weighted by molar-refractivity contribution is 6.09. The van der Waals surface area contributed by atoms with Crippen molar-refractivity contribution in [3.8, 4) is 11.5 Å². The van der Waals surface area contributed by atoms with Crippen molar-refractivity contribution in [2.24, 2.45) is 0 Å². The zero-order valence-corrected chi connectivity index (χ0v) is 15.6. The Bertz CT molecular complexity index is 1020. The summed E-state index contributed by atoms with van der Waals surface area (Å²) in [5.41, 5.74) is 4.78. The molecule has 2 heterocycles. The van der Waals surface area contributed by atoms with Crippen LogP contribution in [0.15, 0.2) is 36.4 Å². The number of nitrogens with one attached hydrogen (secondary N) is 1. The molecule has 1 N–H and O–H groups in total. The molecule has 1 aliphatic rings. The van der Waals surface area contributed by atoms with Gasteiger partial charge < -0.3 is 14.8 Å². The maximum absolute atomic E-state index is 12.9. The van der Waals surface area contributed by atoms with Crippen molar-refractivity contribution in [3.63, 3.8) is 0 Å². The first-order chi connectivity index (χ1) is 12.0. The maximum atomic E-state index is 12.9. The Hall–Kier alpha value is -2.79. The third-order valence-corrected chi connectivity index (χ3v) is 4.54. The summed E-state index contributed by atoms with van der Waals surface area (Å²) in [6.07, 6.45) is 0. The van der Waals surface area contributed by atoms with Gasteiger partial charge in [-0.05, 0) is 44.0 Å². The molecule has 0 bridgehead atoms. The second kappa shape index (κ2) is 6.84. The molecule has 0 fully saturated rings. The van der Waals surface area contributed by atoms with Crippen LogP contribution in [0.5, 0.6) is 11.5 Å². The summed E-state index contributed by atoms with van der Waals surface area (Å²) in [5, 5.41) is 3.88. The fourth-order valence-corrected chi connectivity index (χ4v) is 3.20. The Morgan fingerprint density at radius 3 is 2.50 bits per heavy atom. The Morgan fingerprint density at radius 1 is 1.08 bits per heavy atom. The topological polar surface area (TPSA) is 60.5 Å². The number of aromatic nitrogens is 1. The first-order valence-corrected chi connectivity index (χ1v) is 8.12. The second-order valence-electron chi connectivity index (χ2n) is 6.19. The van der Waals surface area contributed by atoms with E-state index in [4.69, 9.17) is 9.47 Å². The molecule has 1 amide bonds. The van der Waals surface area contributed by atoms with Gasteiger partial charge in [0, 0.05) is 17.1 Å². The van der Waals surface area contributed by atoms with Crippen LogP contribution in [0.25, 0.3) is 10.9 Å². The van der Waals surface area contributed by atoms with Crippen LogP contribution >= 0.6 is 12.4 Å². The summed E-state index contributed by atoms with van der Waals surface area (Å²) in [4.78, 5) is 17.5. The van der Waals surface area contributed by atoms with Gasteiger partial charge in [0.2, 0.25) is 6.79 Å². The Kier molecular flexibility index (Phi) is 4.74. The van der Waals surface area contributed by atoms with E-state index in [0.717, 1.165) is 27.7 Å². The first-order valence-electron chi connectivity index (χ1n) is 8.12. The summed E-state index contributed by atoms with van der Waals surface area (Å²) in [7, 11) is 0. The molecule has 0 saturated carbocycles. The minimum atomic E-state index is -0.156. The zero-order chi connectivity index (χ0) is 17.6. The molecule has 1 aromatic heterocycles. The van der Waals surface area contributed by atoms with Gasteiger partial charge in [-0.1, -0.05) is 18.2 Å². The van der Waals surface area contributed by atoms with Gasteiger partial charge in [0.1, 0.15) is 0 Å². The summed E-state index contributed by atoms with van der Waals surface area (Å²) >= 11 is 0. The van der Waals surface area contributed by atoms with E-state index in [2.05, 4.69) is 10.3 Å². The molecule has 4 rings (SSSR count). The molecule has 26 heavy (non-hydrogen) atoms. The number of amides is 1. The van der Waals surface area contributed by atoms with Gasteiger partial charge in [0.05, 0.1) is 16.8 Å². The third kappa shape index (κ3) is 2.95. The van der Waals surface area contributed by atoms with Crippen molar-refractivity contribution in [3.05, 3.63) is 58.8 Å². The van der Waals surface area contributed by atoms with E-state index in [1.165, 1.54) is 0 Å². The number of anilines is 1. The largest absolute Gasteiger partial charge is 0.454 e. The standard InChI is InChI=1S/C20H18N2O3.ClH/c1-11-6-4-5-7-15(11)22-20(23)19-12(2)14-8-17-18(25-10-24-17)9-16(14)21-13(19)3;/h4-9H,10H2,1-3H3,(H,22,23);1H. The Balaban J connectivity index is 0.00000196. The lowest BCUT2D eigenvalue weighted by atomic mass is 10.0. The average Bonchev–Trinajstić information content (AvgIpc) is 3.03. The van der Waals surface area contributed by atoms with E-state index in [0.29, 0.717) is 22.8 Å². The number of para-hydroxylation sites is 1. The summed E-state index contributed by atoms with van der Waals surface area (Å²) in [6, 6.07) is 11.5. The van der Waals surface area contributed by atoms with Gasteiger partial charge >= 0.3 is 0 Å². The minimum absolute atomic E-state index is 0. The van der Waals surface area contributed by atoms with Crippen molar-refractivity contribution in [1.29, 1.82) is 0 Å². The number of hydrogen-bond acceptors (Lipinski definition) is 4. The average molecular weight is 371 g/mol. The zero-order valence-electron chi connectivity index (χ0n) is 14.8. The number of benzene rings is 2. The van der Waals surface area contributed by atoms with Crippen molar-refractivity contribution in [2.75, 3.05) is 12.1 Å². The van der Waals surface area contributed by atoms with Crippen LogP contribution in [0.2, 0.25) is 0 Å². The van der Waals surface area contributed by atoms with Crippen molar-refractivity contribution in [2.45, 2.75) is 20.8 Å². The van der Waals surface area contributed by atoms with E-state index in [9.17, 15) is 4.79 Å². The van der Waals surface area contributed by atoms with E-state index in [-0.39, 0.29) is 25.1 Å². The quantitative estimate of drug-likeness (QED) is 0.718. The number of hydrogen-bond donors (Lipinski definition) is 1. The van der Waals surface area contributed by atoms with Crippen molar-refractivity contribution >= 4 is 34.9 Å². The van der Waals surface area contributed by atoms with Crippen LogP contribution in [-0.4, -0.2) is 17.7 Å². The molecule has 134 valence electrons. The number of carbonyl (C=O) groups is 1. The van der Waals surface area contributed by atoms with Gasteiger partial charge in [-0.25, -0.2) is 0 Å². The fourth-order valence-electron chi connectivity index (χ4n) is 3.20. The van der Waals surface area contributed by atoms with E-state index in [1.54, 1.807) is 0 Å². The molecule has 1 aliphatic heterocycles. The number of halogens is 1. The van der Waals surface area contributed by atoms with E-state index >= 15 is 0 Å². The maximum Gasteiger partial charge on any atom is 0.257 e. The number of nitrogens with zero attached hydrogens (tertiary/aromatic N) is 1. The number of aryl methyl sites for hydroxylation is 3. The Labute approximate surface area is 157 Å². The van der Waals surface area contributed by atoms with E-state index in [1.807, 2.05) is 57.2 Å². The van der Waals surface area contributed by atoms with Crippen molar-refractivity contribution in [1.82, 2.24) is 4.98 Å². The highest BCUT2D eigenvalue weighted by Crippen LogP contribution is 2.37. The lowest BCUT2D eigenvalue weighted by molar-refractivity contribution is 0.102. The smallest absolute Gasteiger partial charge is 0.257 e. The molecule has 0 saturated heterocycles. The molecule has 3 aromatic rings. The predicted octanol–water partition coefficient (Wildman–Crippen LogP) is 4.56. The van der Waals surface area contributed by atoms with Crippen LogP contribution < -0.4 is 14.8 Å². The van der Waals surface area contributed by atoms with Gasteiger partial charge in [-0.3, -0.25) is 9.78 Å². The number of carbonyl (C=O) groups excluding carboxylic acids is 1. The molecule has 5 nitrogen and oxygen atoms in total. The minimum Gasteiger partial charge on any atom is -0.454 e. The first kappa shape index (κ1) is 18.0. The van der Waals surface area contributed by atoms with Crippen LogP contribution in [0.4, 0.5) is 5.69 Å². The van der Waals surface area contributed by atoms with Crippen LogP contribution in [0, 0.1) is 20.8 Å². The highest BCUT2D eigenvalue weighted by Gasteiger charge is 2.21. The molecule has 6 heteroatoms. The molecule has 0 aliphatic carbocycles. The van der Waals surface area contributed by atoms with Crippen LogP contribution in [0.3, 0.4) is 0 Å². The number of ether oxygens (including phenoxy) is 2. The van der Waals surface area contributed by atoms with E-state index < -0.39 is 0 Å². The summed E-state index contributed by atoms with van der Waals surface area (Å²) < 4.78 is 10.9. The van der Waals surface area contributed by atoms with Gasteiger partial charge in [0.15, 0.2) is 11.5 Å². The lowest BCUT2D eigenvalue weighted by Crippen LogP contribution is -2.16. The Morgan fingerprint density at radius 2 is 1.77 bits per heavy atom. The third-order valence-electron chi connectivity index (χ3n) is 4.54. The molecule has 0 radical (unpaired) electrons. The highest BCUT2D eigenvalue weighted by atomic mass is 35.5. The molecule has 0 atom stereocenters. The van der Waals surface area contributed by atoms with Crippen molar-refractivity contribution < 1.29 is 14.3 Å². The molecule has 2 aromatic carbocycles. The predicted molar refractivity (Wildman–Crippen MR) is 104 cm³/mol. The lowest BCUT2D eigenvalue weighted by Gasteiger charge is -2.14. The van der Waals surface area contributed by atoms with Crippen LogP contribution in [-0.2, 0) is 0 Å². The molecule has 0 spiro atoms. The summed E-state index contributed by atoms with van der Waals surface area (Å²) in [5.74, 6) is 1.22. The number of fused-ring (bicyclic) bond motifs is 2. The number of pyridine rings is 1. The summed E-state index contributed by atoms with van der Waals surface area (Å²) in [6.45, 7) is 5.97. The fraction of sp³-hybridized carbons (Fsp3) is 0.200. The van der Waals surface area contributed by atoms with Gasteiger partial charge in [-0.15, -0.1) is 12.4 Å². The monoisotopic (exact) mass is 370 g/mol. The van der Waals surface area contributed by atoms with Gasteiger partial charge in [-0.2, -0.15) is 0 Å². The molecular weight excluding hydrogens is 352 g/mol. The number of rotatable bonds is 2. The van der Waals surface area contributed by atoms with Gasteiger partial charge in [0.25, 0.3) is 5.91 Å². The van der Waals surface area contributed by atoms with Crippen LogP contribution in [0.1, 0.15) is 27.2 Å². The normalized spacial score (nSPS) is 12.0. The molecule has 0 unspecified atom stereocenters. The SMILES string of the molecule is Cc1ccccc1NC(=O)c1c(C)nc2cc3c(cc2c1C)OCO3.Cl. The molecular formula is C20H19ClN2O3. The second-order valence-corrected chi connectivity index (χ2v) is 6.19.